The maximum atomic E-state index is 13.0. The summed E-state index contributed by atoms with van der Waals surface area (Å²) in [5, 5.41) is 17.6. The topological polar surface area (TPSA) is 104 Å². The summed E-state index contributed by atoms with van der Waals surface area (Å²) < 4.78 is 13.0. The van der Waals surface area contributed by atoms with Gasteiger partial charge in [0.1, 0.15) is 12.1 Å². The Morgan fingerprint density at radius 1 is 1.26 bits per heavy atom. The Morgan fingerprint density at radius 2 is 2.04 bits per heavy atom. The lowest BCUT2D eigenvalue weighted by Crippen LogP contribution is -2.20. The van der Waals surface area contributed by atoms with Crippen LogP contribution in [0.5, 0.6) is 0 Å². The van der Waals surface area contributed by atoms with E-state index in [0.29, 0.717) is 22.6 Å². The second kappa shape index (κ2) is 6.22. The molecule has 2 heterocycles. The predicted octanol–water partition coefficient (Wildman–Crippen LogP) is 2.44. The average Bonchev–Trinajstić information content (AvgIpc) is 3.08. The van der Waals surface area contributed by atoms with Gasteiger partial charge in [0, 0.05) is 29.4 Å². The molecule has 0 fully saturated rings. The van der Waals surface area contributed by atoms with Gasteiger partial charge >= 0.3 is 6.09 Å². The number of carbonyl (C=O) groups is 1. The Labute approximate surface area is 130 Å². The number of hydrogen-bond acceptors (Lipinski definition) is 4. The number of nitrogens with zero attached hydrogens (tertiary/aromatic N) is 3. The molecule has 8 heteroatoms. The first kappa shape index (κ1) is 14.6. The van der Waals surface area contributed by atoms with Gasteiger partial charge in [-0.3, -0.25) is 10.1 Å². The molecular weight excluding hydrogens is 301 g/mol. The highest BCUT2D eigenvalue weighted by atomic mass is 19.1. The summed E-state index contributed by atoms with van der Waals surface area (Å²) in [5.41, 5.74) is 2.68. The van der Waals surface area contributed by atoms with Gasteiger partial charge < -0.3 is 10.4 Å². The molecule has 2 aromatic heterocycles. The second-order valence-corrected chi connectivity index (χ2v) is 4.73. The second-order valence-electron chi connectivity index (χ2n) is 4.73. The largest absolute Gasteiger partial charge is 0.465 e. The van der Waals surface area contributed by atoms with Crippen LogP contribution in [0.25, 0.3) is 22.6 Å². The molecule has 0 aliphatic heterocycles. The molecule has 116 valence electrons. The predicted molar refractivity (Wildman–Crippen MR) is 79.9 cm³/mol. The van der Waals surface area contributed by atoms with E-state index in [0.717, 1.165) is 5.56 Å². The Hall–Kier alpha value is -3.29. The summed E-state index contributed by atoms with van der Waals surface area (Å²) in [6.45, 7) is 0.0854. The molecule has 0 unspecified atom stereocenters. The summed E-state index contributed by atoms with van der Waals surface area (Å²) in [7, 11) is 0. The quantitative estimate of drug-likeness (QED) is 0.686. The van der Waals surface area contributed by atoms with E-state index in [1.54, 1.807) is 24.4 Å². The molecule has 3 N–H and O–H groups in total. The number of pyridine rings is 1. The zero-order chi connectivity index (χ0) is 16.2. The van der Waals surface area contributed by atoms with E-state index in [-0.39, 0.29) is 12.4 Å². The molecule has 0 spiro atoms. The molecule has 0 radical (unpaired) electrons. The summed E-state index contributed by atoms with van der Waals surface area (Å²) in [4.78, 5) is 19.1. The zero-order valence-electron chi connectivity index (χ0n) is 11.8. The Morgan fingerprint density at radius 3 is 2.70 bits per heavy atom. The normalized spacial score (nSPS) is 10.5. The van der Waals surface area contributed by atoms with Crippen molar-refractivity contribution >= 4 is 6.09 Å². The minimum Gasteiger partial charge on any atom is -0.465 e. The highest BCUT2D eigenvalue weighted by Crippen LogP contribution is 2.25. The molecule has 3 aromatic rings. The minimum atomic E-state index is -1.13. The van der Waals surface area contributed by atoms with E-state index in [1.807, 2.05) is 0 Å². The van der Waals surface area contributed by atoms with Gasteiger partial charge in [0.15, 0.2) is 5.82 Å². The van der Waals surface area contributed by atoms with Crippen molar-refractivity contribution in [2.45, 2.75) is 6.54 Å². The first-order valence-electron chi connectivity index (χ1n) is 6.71. The van der Waals surface area contributed by atoms with Gasteiger partial charge in [0.05, 0.1) is 5.69 Å². The van der Waals surface area contributed by atoms with E-state index in [2.05, 4.69) is 25.5 Å². The fourth-order valence-electron chi connectivity index (χ4n) is 2.13. The number of benzene rings is 1. The van der Waals surface area contributed by atoms with E-state index in [1.165, 1.54) is 18.5 Å². The highest BCUT2D eigenvalue weighted by Gasteiger charge is 2.12. The molecule has 23 heavy (non-hydrogen) atoms. The van der Waals surface area contributed by atoms with Crippen LogP contribution in [0.15, 0.2) is 42.9 Å². The van der Waals surface area contributed by atoms with E-state index < -0.39 is 6.09 Å². The zero-order valence-corrected chi connectivity index (χ0v) is 11.8. The highest BCUT2D eigenvalue weighted by molar-refractivity contribution is 5.70. The van der Waals surface area contributed by atoms with Crippen molar-refractivity contribution < 1.29 is 14.3 Å². The number of hydrogen-bond donors (Lipinski definition) is 3. The number of aromatic amines is 1. The number of aromatic nitrogens is 4. The van der Waals surface area contributed by atoms with Gasteiger partial charge in [0.25, 0.3) is 0 Å². The number of halogens is 1. The molecule has 0 aliphatic carbocycles. The number of rotatable bonds is 4. The van der Waals surface area contributed by atoms with Crippen LogP contribution in [-0.2, 0) is 6.54 Å². The minimum absolute atomic E-state index is 0.0854. The van der Waals surface area contributed by atoms with Gasteiger partial charge in [-0.25, -0.2) is 14.2 Å². The molecule has 3 rings (SSSR count). The maximum Gasteiger partial charge on any atom is 0.404 e. The van der Waals surface area contributed by atoms with Crippen molar-refractivity contribution in [3.63, 3.8) is 0 Å². The number of carboxylic acid groups (broad SMARTS) is 1. The van der Waals surface area contributed by atoms with Gasteiger partial charge in [0.2, 0.25) is 0 Å². The third-order valence-electron chi connectivity index (χ3n) is 3.23. The van der Waals surface area contributed by atoms with E-state index >= 15 is 0 Å². The molecular formula is C15H12FN5O2. The third-order valence-corrected chi connectivity index (χ3v) is 3.23. The van der Waals surface area contributed by atoms with Crippen molar-refractivity contribution in [3.05, 3.63) is 54.2 Å². The summed E-state index contributed by atoms with van der Waals surface area (Å²) in [6, 6.07) is 7.71. The Kier molecular flexibility index (Phi) is 3.96. The van der Waals surface area contributed by atoms with Gasteiger partial charge in [-0.1, -0.05) is 0 Å². The molecule has 0 aliphatic rings. The standard InChI is InChI=1S/C15H12FN5O2/c16-11-3-1-9(2-4-11)13-5-12(14-19-8-20-21-14)10(6-17-13)7-18-15(22)23/h1-6,8,18H,7H2,(H,22,23)(H,19,20,21). The monoisotopic (exact) mass is 313 g/mol. The Bertz CT molecular complexity index is 818. The summed E-state index contributed by atoms with van der Waals surface area (Å²) in [5.74, 6) is 0.171. The van der Waals surface area contributed by atoms with Crippen LogP contribution in [0.4, 0.5) is 9.18 Å². The lowest BCUT2D eigenvalue weighted by Gasteiger charge is -2.09. The fourth-order valence-corrected chi connectivity index (χ4v) is 2.13. The van der Waals surface area contributed by atoms with Crippen molar-refractivity contribution in [2.75, 3.05) is 0 Å². The number of nitrogens with one attached hydrogen (secondary N) is 2. The third kappa shape index (κ3) is 3.31. The van der Waals surface area contributed by atoms with Crippen molar-refractivity contribution in [2.24, 2.45) is 0 Å². The molecule has 0 saturated carbocycles. The molecule has 0 bridgehead atoms. The lowest BCUT2D eigenvalue weighted by molar-refractivity contribution is 0.194. The molecule has 1 amide bonds. The fraction of sp³-hybridized carbons (Fsp3) is 0.0667. The first-order chi connectivity index (χ1) is 11.1. The van der Waals surface area contributed by atoms with E-state index in [9.17, 15) is 9.18 Å². The van der Waals surface area contributed by atoms with Crippen LogP contribution in [-0.4, -0.2) is 31.4 Å². The van der Waals surface area contributed by atoms with Crippen LogP contribution in [0.3, 0.4) is 0 Å². The van der Waals surface area contributed by atoms with Crippen molar-refractivity contribution in [3.8, 4) is 22.6 Å². The lowest BCUT2D eigenvalue weighted by atomic mass is 10.0. The van der Waals surface area contributed by atoms with Crippen LogP contribution < -0.4 is 5.32 Å². The van der Waals surface area contributed by atoms with Gasteiger partial charge in [-0.05, 0) is 30.3 Å². The SMILES string of the molecule is O=C(O)NCc1cnc(-c2ccc(F)cc2)cc1-c1ncn[nH]1. The Balaban J connectivity index is 2.02. The summed E-state index contributed by atoms with van der Waals surface area (Å²) in [6.07, 6.45) is 1.80. The molecule has 1 aromatic carbocycles. The average molecular weight is 313 g/mol. The van der Waals surface area contributed by atoms with Crippen LogP contribution >= 0.6 is 0 Å². The van der Waals surface area contributed by atoms with Crippen LogP contribution in [0.1, 0.15) is 5.56 Å². The molecule has 7 nitrogen and oxygen atoms in total. The molecule has 0 saturated heterocycles. The van der Waals surface area contributed by atoms with E-state index in [4.69, 9.17) is 5.11 Å². The van der Waals surface area contributed by atoms with Crippen molar-refractivity contribution in [1.29, 1.82) is 0 Å². The van der Waals surface area contributed by atoms with Gasteiger partial charge in [-0.15, -0.1) is 0 Å². The number of amides is 1. The van der Waals surface area contributed by atoms with Crippen molar-refractivity contribution in [1.82, 2.24) is 25.5 Å². The molecule has 0 atom stereocenters. The van der Waals surface area contributed by atoms with Crippen LogP contribution in [0.2, 0.25) is 0 Å². The number of H-pyrrole nitrogens is 1. The van der Waals surface area contributed by atoms with Gasteiger partial charge in [-0.2, -0.15) is 5.10 Å². The maximum absolute atomic E-state index is 13.0. The van der Waals surface area contributed by atoms with Crippen LogP contribution in [0, 0.1) is 5.82 Å². The first-order valence-corrected chi connectivity index (χ1v) is 6.71. The smallest absolute Gasteiger partial charge is 0.404 e. The summed E-state index contributed by atoms with van der Waals surface area (Å²) >= 11 is 0.